The molecule has 1 aromatic rings. The van der Waals surface area contributed by atoms with Gasteiger partial charge in [-0.1, -0.05) is 18.2 Å². The first-order valence-electron chi connectivity index (χ1n) is 14.9. The molecule has 19 heteroatoms. The predicted octanol–water partition coefficient (Wildman–Crippen LogP) is -3.10. The number of carboxylic acid groups (broad SMARTS) is 2. The Morgan fingerprint density at radius 2 is 1.17 bits per heavy atom. The number of nitrogens with zero attached hydrogens (tertiary/aromatic N) is 1. The lowest BCUT2D eigenvalue weighted by Gasteiger charge is -2.24. The monoisotopic (exact) mass is 677 g/mol. The van der Waals surface area contributed by atoms with Crippen LogP contribution in [0.3, 0.4) is 0 Å². The number of carboxylic acids is 2. The number of hydrogen-bond donors (Lipinski definition) is 10. The number of aliphatic carboxylic acids is 2. The van der Waals surface area contributed by atoms with E-state index in [0.717, 1.165) is 0 Å². The van der Waals surface area contributed by atoms with E-state index >= 15 is 0 Å². The van der Waals surface area contributed by atoms with Gasteiger partial charge >= 0.3 is 11.9 Å². The van der Waals surface area contributed by atoms with Crippen LogP contribution < -0.4 is 43.4 Å². The lowest BCUT2D eigenvalue weighted by Crippen LogP contribution is -2.58. The zero-order valence-corrected chi connectivity index (χ0v) is 26.8. The van der Waals surface area contributed by atoms with Crippen molar-refractivity contribution in [3.8, 4) is 0 Å². The molecule has 0 heterocycles. The van der Waals surface area contributed by atoms with Crippen LogP contribution in [0.4, 0.5) is 0 Å². The number of hydrogen-bond acceptors (Lipinski definition) is 9. The van der Waals surface area contributed by atoms with Gasteiger partial charge in [-0.15, -0.1) is 0 Å². The van der Waals surface area contributed by atoms with E-state index in [2.05, 4.69) is 36.9 Å². The molecule has 0 aromatic heterocycles. The molecule has 12 N–H and O–H groups in total. The molecule has 0 unspecified atom stereocenters. The highest BCUT2D eigenvalue weighted by atomic mass is 16.4. The van der Waals surface area contributed by atoms with Crippen LogP contribution >= 0.6 is 0 Å². The highest BCUT2D eigenvalue weighted by Gasteiger charge is 2.29. The van der Waals surface area contributed by atoms with Gasteiger partial charge in [0.05, 0.1) is 0 Å². The summed E-state index contributed by atoms with van der Waals surface area (Å²) in [5, 5.41) is 32.1. The zero-order chi connectivity index (χ0) is 36.4. The normalized spacial score (nSPS) is 13.6. The van der Waals surface area contributed by atoms with Crippen molar-refractivity contribution in [2.45, 2.75) is 76.7 Å². The quantitative estimate of drug-likeness (QED) is 0.0373. The van der Waals surface area contributed by atoms with E-state index in [1.54, 1.807) is 18.2 Å². The fraction of sp³-hybridized carbons (Fsp3) is 0.483. The third kappa shape index (κ3) is 15.5. The number of guanidine groups is 1. The number of carbonyl (C=O) groups excluding carboxylic acids is 6. The van der Waals surface area contributed by atoms with Gasteiger partial charge in [-0.25, -0.2) is 0 Å². The number of aliphatic imine (C=N–C) groups is 1. The number of amides is 6. The van der Waals surface area contributed by atoms with Gasteiger partial charge in [0.1, 0.15) is 36.8 Å². The maximum absolute atomic E-state index is 13.0. The average Bonchev–Trinajstić information content (AvgIpc) is 3.02. The van der Waals surface area contributed by atoms with E-state index in [1.807, 2.05) is 0 Å². The zero-order valence-electron chi connectivity index (χ0n) is 26.8. The summed E-state index contributed by atoms with van der Waals surface area (Å²) in [5.41, 5.74) is 10.9. The summed E-state index contributed by atoms with van der Waals surface area (Å²) in [4.78, 5) is 102. The first-order valence-corrected chi connectivity index (χ1v) is 14.9. The van der Waals surface area contributed by atoms with Crippen LogP contribution in [0.2, 0.25) is 0 Å². The minimum atomic E-state index is -1.29. The molecule has 0 saturated heterocycles. The summed E-state index contributed by atoms with van der Waals surface area (Å²) in [6.45, 7) is 3.37. The van der Waals surface area contributed by atoms with Crippen molar-refractivity contribution in [1.29, 1.82) is 0 Å². The lowest BCUT2D eigenvalue weighted by molar-refractivity contribution is -0.139. The molecule has 0 bridgehead atoms. The van der Waals surface area contributed by atoms with Crippen molar-refractivity contribution in [1.82, 2.24) is 31.9 Å². The number of nitrogens with one attached hydrogen (secondary N) is 6. The molecular weight excluding hydrogens is 634 g/mol. The van der Waals surface area contributed by atoms with Crippen LogP contribution in [-0.2, 0) is 33.6 Å². The van der Waals surface area contributed by atoms with E-state index in [1.165, 1.54) is 32.9 Å². The van der Waals surface area contributed by atoms with Crippen molar-refractivity contribution < 1.29 is 48.6 Å². The Balaban J connectivity index is 2.88. The van der Waals surface area contributed by atoms with Gasteiger partial charge in [0, 0.05) is 18.5 Å². The molecule has 0 fully saturated rings. The highest BCUT2D eigenvalue weighted by molar-refractivity contribution is 5.99. The third-order valence-corrected chi connectivity index (χ3v) is 6.55. The molecule has 1 rings (SSSR count). The van der Waals surface area contributed by atoms with Crippen LogP contribution in [0.15, 0.2) is 35.3 Å². The average molecular weight is 678 g/mol. The Hall–Kier alpha value is -5.75. The standard InChI is InChI=1S/C29H43N9O10/c1-15(23(43)33-14-22(41)42)35-27(47)19(10-7-13-32-29(30)31)37-25(45)17(3)34-24(44)16(2)36-28(48)20(11-12-21(39)40)38-26(46)18-8-5-4-6-9-18/h4-6,8-9,15-17,19-20H,7,10-14H2,1-3H3,(H,33,43)(H,34,44)(H,35,47)(H,36,48)(H,37,45)(H,38,46)(H,39,40)(H,41,42)(H4,30,31,32)/t15-,16-,17-,19-,20-/m0/s1. The molecule has 1 aromatic carbocycles. The van der Waals surface area contributed by atoms with Gasteiger partial charge in [-0.3, -0.25) is 43.3 Å². The fourth-order valence-electron chi connectivity index (χ4n) is 3.92. The first kappa shape index (κ1) is 40.3. The number of rotatable bonds is 20. The van der Waals surface area contributed by atoms with Gasteiger partial charge in [0.25, 0.3) is 5.91 Å². The predicted molar refractivity (Wildman–Crippen MR) is 170 cm³/mol. The summed E-state index contributed by atoms with van der Waals surface area (Å²) in [7, 11) is 0. The van der Waals surface area contributed by atoms with Crippen LogP contribution in [0.25, 0.3) is 0 Å². The molecule has 0 aliphatic heterocycles. The van der Waals surface area contributed by atoms with Crippen LogP contribution in [0.1, 0.15) is 56.8 Å². The summed E-state index contributed by atoms with van der Waals surface area (Å²) in [6.07, 6.45) is -0.475. The van der Waals surface area contributed by atoms with Gasteiger partial charge in [-0.05, 0) is 52.2 Å². The molecule has 19 nitrogen and oxygen atoms in total. The second-order valence-corrected chi connectivity index (χ2v) is 10.6. The van der Waals surface area contributed by atoms with Crippen molar-refractivity contribution >= 4 is 53.3 Å². The van der Waals surface area contributed by atoms with E-state index < -0.39 is 90.6 Å². The lowest BCUT2D eigenvalue weighted by atomic mass is 10.1. The minimum absolute atomic E-state index is 0.0113. The van der Waals surface area contributed by atoms with E-state index in [9.17, 15) is 38.4 Å². The Bertz CT molecular complexity index is 1350. The van der Waals surface area contributed by atoms with Crippen LogP contribution in [0.5, 0.6) is 0 Å². The second-order valence-electron chi connectivity index (χ2n) is 10.6. The number of carbonyl (C=O) groups is 8. The molecule has 0 aliphatic rings. The Labute approximate surface area is 276 Å². The summed E-state index contributed by atoms with van der Waals surface area (Å²) in [5.74, 6) is -7.32. The highest BCUT2D eigenvalue weighted by Crippen LogP contribution is 2.05. The SMILES string of the molecule is C[C@H](NC(=O)[C@H](C)NC(=O)[C@H](CCC(=O)O)NC(=O)c1ccccc1)C(=O)N[C@@H](CCCN=C(N)N)C(=O)N[C@@H](C)C(=O)NCC(=O)O. The van der Waals surface area contributed by atoms with Gasteiger partial charge < -0.3 is 53.6 Å². The smallest absolute Gasteiger partial charge is 0.322 e. The maximum atomic E-state index is 13.0. The van der Waals surface area contributed by atoms with Gasteiger partial charge in [0.15, 0.2) is 5.96 Å². The molecule has 6 amide bonds. The molecule has 264 valence electrons. The maximum Gasteiger partial charge on any atom is 0.322 e. The Kier molecular flexibility index (Phi) is 17.1. The molecule has 0 spiro atoms. The van der Waals surface area contributed by atoms with Crippen molar-refractivity contribution in [3.63, 3.8) is 0 Å². The third-order valence-electron chi connectivity index (χ3n) is 6.55. The van der Waals surface area contributed by atoms with Crippen molar-refractivity contribution in [2.24, 2.45) is 16.5 Å². The van der Waals surface area contributed by atoms with Crippen LogP contribution in [0, 0.1) is 0 Å². The molecule has 0 saturated carbocycles. The summed E-state index contributed by atoms with van der Waals surface area (Å²) < 4.78 is 0. The van der Waals surface area contributed by atoms with E-state index in [4.69, 9.17) is 21.7 Å². The van der Waals surface area contributed by atoms with E-state index in [-0.39, 0.29) is 37.3 Å². The molecule has 0 radical (unpaired) electrons. The van der Waals surface area contributed by atoms with Gasteiger partial charge in [0.2, 0.25) is 29.5 Å². The topological polar surface area (TPSA) is 314 Å². The number of nitrogens with two attached hydrogens (primary N) is 2. The summed E-state index contributed by atoms with van der Waals surface area (Å²) in [6, 6.07) is 1.76. The van der Waals surface area contributed by atoms with Gasteiger partial charge in [-0.2, -0.15) is 0 Å². The molecule has 0 aliphatic carbocycles. The van der Waals surface area contributed by atoms with Crippen molar-refractivity contribution in [2.75, 3.05) is 13.1 Å². The molecule has 48 heavy (non-hydrogen) atoms. The Morgan fingerprint density at radius 3 is 1.69 bits per heavy atom. The largest absolute Gasteiger partial charge is 0.481 e. The molecular formula is C29H43N9O10. The second kappa shape index (κ2) is 20.4. The number of benzene rings is 1. The van der Waals surface area contributed by atoms with Crippen molar-refractivity contribution in [3.05, 3.63) is 35.9 Å². The minimum Gasteiger partial charge on any atom is -0.481 e. The first-order chi connectivity index (χ1) is 22.5. The fourth-order valence-corrected chi connectivity index (χ4v) is 3.92. The summed E-state index contributed by atoms with van der Waals surface area (Å²) >= 11 is 0. The van der Waals surface area contributed by atoms with E-state index in [0.29, 0.717) is 0 Å². The Morgan fingerprint density at radius 1 is 0.667 bits per heavy atom. The molecule has 5 atom stereocenters. The van der Waals surface area contributed by atoms with Crippen LogP contribution in [-0.4, -0.2) is 107 Å².